The zero-order chi connectivity index (χ0) is 15.2. The van der Waals surface area contributed by atoms with Gasteiger partial charge in [-0.2, -0.15) is 0 Å². The molecular weight excluding hydrogens is 423 g/mol. The molecule has 21 heavy (non-hydrogen) atoms. The summed E-state index contributed by atoms with van der Waals surface area (Å²) in [4.78, 5) is 7.87. The van der Waals surface area contributed by atoms with E-state index in [-0.39, 0.29) is 4.90 Å². The van der Waals surface area contributed by atoms with Gasteiger partial charge in [0.2, 0.25) is 0 Å². The minimum atomic E-state index is -3.23. The van der Waals surface area contributed by atoms with Crippen molar-refractivity contribution in [1.82, 2.24) is 9.97 Å². The van der Waals surface area contributed by atoms with Gasteiger partial charge in [-0.15, -0.1) is 0 Å². The van der Waals surface area contributed by atoms with E-state index in [4.69, 9.17) is 11.6 Å². The number of hydrogen-bond donors (Lipinski definition) is 1. The van der Waals surface area contributed by atoms with Gasteiger partial charge in [0.15, 0.2) is 9.84 Å². The highest BCUT2D eigenvalue weighted by Gasteiger charge is 2.11. The van der Waals surface area contributed by atoms with Crippen LogP contribution in [-0.2, 0) is 9.84 Å². The second-order valence-electron chi connectivity index (χ2n) is 4.67. The number of hydrogen-bond acceptors (Lipinski definition) is 3. The highest BCUT2D eigenvalue weighted by molar-refractivity contribution is 14.1. The Morgan fingerprint density at radius 2 is 1.95 bits per heavy atom. The van der Waals surface area contributed by atoms with Crippen LogP contribution in [0.5, 0.6) is 0 Å². The van der Waals surface area contributed by atoms with Gasteiger partial charge in [-0.3, -0.25) is 0 Å². The smallest absolute Gasteiger partial charge is 0.175 e. The molecule has 0 saturated carbocycles. The topological polar surface area (TPSA) is 62.8 Å². The van der Waals surface area contributed by atoms with Crippen LogP contribution in [0.2, 0.25) is 5.02 Å². The van der Waals surface area contributed by atoms with Crippen LogP contribution in [-0.4, -0.2) is 24.6 Å². The van der Waals surface area contributed by atoms with Crippen molar-refractivity contribution < 1.29 is 8.42 Å². The average Bonchev–Trinajstić information content (AvgIpc) is 2.83. The van der Waals surface area contributed by atoms with Crippen molar-refractivity contribution in [3.05, 3.63) is 45.0 Å². The van der Waals surface area contributed by atoms with Crippen molar-refractivity contribution >= 4 is 55.1 Å². The van der Waals surface area contributed by atoms with Crippen molar-refractivity contribution in [3.63, 3.8) is 0 Å². The van der Waals surface area contributed by atoms with Crippen molar-refractivity contribution in [2.45, 2.75) is 4.90 Å². The molecule has 4 nitrogen and oxygen atoms in total. The summed E-state index contributed by atoms with van der Waals surface area (Å²) in [6, 6.07) is 10.5. The maximum absolute atomic E-state index is 11.6. The van der Waals surface area contributed by atoms with Crippen molar-refractivity contribution in [3.8, 4) is 11.4 Å². The number of fused-ring (bicyclic) bond motifs is 1. The summed E-state index contributed by atoms with van der Waals surface area (Å²) >= 11 is 8.28. The summed E-state index contributed by atoms with van der Waals surface area (Å²) in [5, 5.41) is 0.658. The van der Waals surface area contributed by atoms with Crippen molar-refractivity contribution in [1.29, 1.82) is 0 Å². The van der Waals surface area contributed by atoms with Crippen LogP contribution in [0.4, 0.5) is 0 Å². The molecule has 3 aromatic rings. The Labute approximate surface area is 140 Å². The van der Waals surface area contributed by atoms with Crippen LogP contribution in [0.15, 0.2) is 41.3 Å². The van der Waals surface area contributed by atoms with Crippen LogP contribution in [0.3, 0.4) is 0 Å². The van der Waals surface area contributed by atoms with E-state index in [1.165, 1.54) is 6.26 Å². The number of aromatic nitrogens is 2. The Hall–Kier alpha value is -1.12. The maximum Gasteiger partial charge on any atom is 0.175 e. The van der Waals surface area contributed by atoms with Gasteiger partial charge in [0.1, 0.15) is 5.82 Å². The molecule has 0 aliphatic rings. The summed E-state index contributed by atoms with van der Waals surface area (Å²) in [6.45, 7) is 0. The predicted molar refractivity (Wildman–Crippen MR) is 92.4 cm³/mol. The first kappa shape index (κ1) is 14.8. The fourth-order valence-corrected chi connectivity index (χ4v) is 3.16. The minimum Gasteiger partial charge on any atom is -0.338 e. The SMILES string of the molecule is CS(=O)(=O)c1ccc2nc(-c3ccc(I)c(Cl)c3)[nH]c2c1. The zero-order valence-corrected chi connectivity index (χ0v) is 14.6. The average molecular weight is 433 g/mol. The second-order valence-corrected chi connectivity index (χ2v) is 8.25. The molecule has 0 amide bonds. The van der Waals surface area contributed by atoms with Gasteiger partial charge in [-0.05, 0) is 52.9 Å². The Kier molecular flexibility index (Phi) is 3.71. The summed E-state index contributed by atoms with van der Waals surface area (Å²) < 4.78 is 24.1. The van der Waals surface area contributed by atoms with Gasteiger partial charge in [0.05, 0.1) is 21.0 Å². The zero-order valence-electron chi connectivity index (χ0n) is 10.9. The van der Waals surface area contributed by atoms with Gasteiger partial charge < -0.3 is 4.98 Å². The first-order valence-corrected chi connectivity index (χ1v) is 9.35. The summed E-state index contributed by atoms with van der Waals surface area (Å²) in [6.07, 6.45) is 1.18. The minimum absolute atomic E-state index is 0.269. The van der Waals surface area contributed by atoms with Crippen LogP contribution in [0, 0.1) is 3.57 Å². The first-order chi connectivity index (χ1) is 9.84. The number of aromatic amines is 1. The third-order valence-corrected chi connectivity index (χ3v) is 5.76. The van der Waals surface area contributed by atoms with Gasteiger partial charge in [-0.1, -0.05) is 17.7 Å². The number of nitrogens with one attached hydrogen (secondary N) is 1. The Balaban J connectivity index is 2.14. The molecule has 108 valence electrons. The van der Waals surface area contributed by atoms with E-state index in [1.54, 1.807) is 18.2 Å². The van der Waals surface area contributed by atoms with Gasteiger partial charge >= 0.3 is 0 Å². The fraction of sp³-hybridized carbons (Fsp3) is 0.0714. The first-order valence-electron chi connectivity index (χ1n) is 6.00. The van der Waals surface area contributed by atoms with Crippen LogP contribution in [0.25, 0.3) is 22.4 Å². The van der Waals surface area contributed by atoms with E-state index in [9.17, 15) is 8.42 Å². The lowest BCUT2D eigenvalue weighted by Crippen LogP contribution is -1.96. The molecule has 0 aliphatic heterocycles. The molecule has 0 atom stereocenters. The summed E-state index contributed by atoms with van der Waals surface area (Å²) in [7, 11) is -3.23. The van der Waals surface area contributed by atoms with E-state index in [2.05, 4.69) is 32.6 Å². The standard InChI is InChI=1S/C14H10ClIN2O2S/c1-21(19,20)9-3-5-12-13(7-9)18-14(17-12)8-2-4-11(16)10(15)6-8/h2-7H,1H3,(H,17,18). The predicted octanol–water partition coefficient (Wildman–Crippen LogP) is 3.89. The lowest BCUT2D eigenvalue weighted by atomic mass is 10.2. The van der Waals surface area contributed by atoms with Crippen LogP contribution in [0.1, 0.15) is 0 Å². The lowest BCUT2D eigenvalue weighted by Gasteiger charge is -1.99. The molecule has 7 heteroatoms. The Bertz CT molecular complexity index is 951. The quantitative estimate of drug-likeness (QED) is 0.625. The molecule has 1 N–H and O–H groups in total. The van der Waals surface area contributed by atoms with E-state index in [1.807, 2.05) is 18.2 Å². The van der Waals surface area contributed by atoms with E-state index in [0.717, 1.165) is 9.13 Å². The second kappa shape index (κ2) is 5.26. The Morgan fingerprint density at radius 1 is 1.19 bits per heavy atom. The normalized spacial score (nSPS) is 12.0. The number of nitrogens with zero attached hydrogens (tertiary/aromatic N) is 1. The molecule has 0 fully saturated rings. The van der Waals surface area contributed by atoms with Crippen LogP contribution < -0.4 is 0 Å². The third kappa shape index (κ3) is 2.93. The largest absolute Gasteiger partial charge is 0.338 e. The summed E-state index contributed by atoms with van der Waals surface area (Å²) in [5.74, 6) is 0.661. The van der Waals surface area contributed by atoms with Crippen molar-refractivity contribution in [2.75, 3.05) is 6.26 Å². The molecule has 0 unspecified atom stereocenters. The van der Waals surface area contributed by atoms with Gasteiger partial charge in [-0.25, -0.2) is 13.4 Å². The third-order valence-electron chi connectivity index (χ3n) is 3.07. The van der Waals surface area contributed by atoms with Gasteiger partial charge in [0, 0.05) is 15.4 Å². The van der Waals surface area contributed by atoms with Gasteiger partial charge in [0.25, 0.3) is 0 Å². The molecule has 0 radical (unpaired) electrons. The van der Waals surface area contributed by atoms with E-state index < -0.39 is 9.84 Å². The van der Waals surface area contributed by atoms with Crippen molar-refractivity contribution in [2.24, 2.45) is 0 Å². The molecule has 0 aliphatic carbocycles. The number of H-pyrrole nitrogens is 1. The number of imidazole rings is 1. The monoisotopic (exact) mass is 432 g/mol. The molecule has 0 spiro atoms. The number of benzene rings is 2. The molecule has 3 rings (SSSR count). The van der Waals surface area contributed by atoms with E-state index >= 15 is 0 Å². The molecular formula is C14H10ClIN2O2S. The lowest BCUT2D eigenvalue weighted by molar-refractivity contribution is 0.602. The molecule has 1 aromatic heterocycles. The molecule has 0 bridgehead atoms. The number of sulfone groups is 1. The highest BCUT2D eigenvalue weighted by Crippen LogP contribution is 2.27. The molecule has 1 heterocycles. The highest BCUT2D eigenvalue weighted by atomic mass is 127. The van der Waals surface area contributed by atoms with Crippen LogP contribution >= 0.6 is 34.2 Å². The molecule has 2 aromatic carbocycles. The van der Waals surface area contributed by atoms with E-state index in [0.29, 0.717) is 21.9 Å². The summed E-state index contributed by atoms with van der Waals surface area (Å²) in [5.41, 5.74) is 2.26. The Morgan fingerprint density at radius 3 is 2.62 bits per heavy atom. The maximum atomic E-state index is 11.6. The number of halogens is 2. The fourth-order valence-electron chi connectivity index (χ4n) is 2.00. The molecule has 0 saturated heterocycles. The number of rotatable bonds is 2.